The normalized spacial score (nSPS) is 13.9. The van der Waals surface area contributed by atoms with Crippen LogP contribution in [0, 0.1) is 0 Å². The highest BCUT2D eigenvalue weighted by molar-refractivity contribution is 4.51. The minimum Gasteiger partial charge on any atom is -0.251 e. The Morgan fingerprint density at radius 1 is 1.50 bits per heavy atom. The Balaban J connectivity index is 2.86. The largest absolute Gasteiger partial charge is 0.251 e. The fourth-order valence-corrected chi connectivity index (χ4v) is 0.503. The first-order valence-electron chi connectivity index (χ1n) is 3.01. The highest BCUT2D eigenvalue weighted by atomic mass is 19.1. The van der Waals surface area contributed by atoms with E-state index in [0.29, 0.717) is 19.3 Å². The molecule has 8 heavy (non-hydrogen) atoms. The van der Waals surface area contributed by atoms with Crippen LogP contribution >= 0.6 is 0 Å². The van der Waals surface area contributed by atoms with Crippen molar-refractivity contribution in [2.45, 2.75) is 32.4 Å². The van der Waals surface area contributed by atoms with Crippen LogP contribution < -0.4 is 0 Å². The van der Waals surface area contributed by atoms with Gasteiger partial charge in [-0.25, -0.2) is 4.39 Å². The van der Waals surface area contributed by atoms with E-state index in [4.69, 9.17) is 0 Å². The molecular formula is C6H12F2. The monoisotopic (exact) mass is 122 g/mol. The summed E-state index contributed by atoms with van der Waals surface area (Å²) in [6.07, 6.45) is 0.480. The summed E-state index contributed by atoms with van der Waals surface area (Å²) in [5.41, 5.74) is 0. The zero-order chi connectivity index (χ0) is 6.41. The van der Waals surface area contributed by atoms with E-state index < -0.39 is 6.17 Å². The molecule has 0 aliphatic heterocycles. The average Bonchev–Trinajstić information content (AvgIpc) is 1.83. The maximum absolute atomic E-state index is 12.2. The van der Waals surface area contributed by atoms with E-state index in [-0.39, 0.29) is 6.67 Å². The molecular weight excluding hydrogens is 110 g/mol. The molecule has 0 rings (SSSR count). The molecule has 0 nitrogen and oxygen atoms in total. The molecule has 0 aliphatic carbocycles. The van der Waals surface area contributed by atoms with E-state index in [1.54, 1.807) is 6.92 Å². The molecule has 0 bridgehead atoms. The molecule has 0 aromatic carbocycles. The van der Waals surface area contributed by atoms with Gasteiger partial charge in [-0.15, -0.1) is 0 Å². The van der Waals surface area contributed by atoms with Gasteiger partial charge in [-0.05, 0) is 19.3 Å². The molecule has 0 aromatic rings. The van der Waals surface area contributed by atoms with Crippen molar-refractivity contribution in [3.63, 3.8) is 0 Å². The molecule has 0 heterocycles. The van der Waals surface area contributed by atoms with Crippen LogP contribution in [-0.4, -0.2) is 12.8 Å². The quantitative estimate of drug-likeness (QED) is 0.537. The highest BCUT2D eigenvalue weighted by Gasteiger charge is 2.00. The Morgan fingerprint density at radius 3 is 2.50 bits per heavy atom. The first-order chi connectivity index (χ1) is 3.81. The zero-order valence-corrected chi connectivity index (χ0v) is 5.16. The van der Waals surface area contributed by atoms with Crippen molar-refractivity contribution < 1.29 is 8.78 Å². The first kappa shape index (κ1) is 7.86. The van der Waals surface area contributed by atoms with E-state index in [1.807, 2.05) is 0 Å². The Labute approximate surface area is 48.9 Å². The van der Waals surface area contributed by atoms with Crippen molar-refractivity contribution in [3.05, 3.63) is 0 Å². The molecule has 0 saturated carbocycles. The van der Waals surface area contributed by atoms with E-state index in [2.05, 4.69) is 0 Å². The van der Waals surface area contributed by atoms with Gasteiger partial charge in [0.1, 0.15) is 0 Å². The van der Waals surface area contributed by atoms with Crippen LogP contribution in [-0.2, 0) is 0 Å². The van der Waals surface area contributed by atoms with Crippen molar-refractivity contribution >= 4 is 0 Å². The Hall–Kier alpha value is -0.140. The third-order valence-electron chi connectivity index (χ3n) is 1.09. The molecule has 0 fully saturated rings. The summed E-state index contributed by atoms with van der Waals surface area (Å²) in [6.45, 7) is 1.38. The van der Waals surface area contributed by atoms with Gasteiger partial charge in [-0.2, -0.15) is 0 Å². The number of hydrogen-bond acceptors (Lipinski definition) is 0. The van der Waals surface area contributed by atoms with Crippen LogP contribution in [0.5, 0.6) is 0 Å². The van der Waals surface area contributed by atoms with E-state index >= 15 is 0 Å². The van der Waals surface area contributed by atoms with Gasteiger partial charge in [0.2, 0.25) is 0 Å². The van der Waals surface area contributed by atoms with Gasteiger partial charge in [-0.3, -0.25) is 4.39 Å². The summed E-state index contributed by atoms with van der Waals surface area (Å²) in [5.74, 6) is 0. The Kier molecular flexibility index (Phi) is 4.92. The van der Waals surface area contributed by atoms with Gasteiger partial charge in [0.15, 0.2) is 0 Å². The second kappa shape index (κ2) is 5.01. The molecule has 0 saturated heterocycles. The predicted octanol–water partition coefficient (Wildman–Crippen LogP) is 2.48. The van der Waals surface area contributed by atoms with Crippen molar-refractivity contribution in [2.24, 2.45) is 0 Å². The standard InChI is InChI=1S/C6H12F2/c1-2-6(8)4-3-5-7/h6H,2-5H2,1H3. The van der Waals surface area contributed by atoms with Gasteiger partial charge in [0, 0.05) is 0 Å². The number of rotatable bonds is 4. The Morgan fingerprint density at radius 2 is 2.12 bits per heavy atom. The predicted molar refractivity (Wildman–Crippen MR) is 30.4 cm³/mol. The SMILES string of the molecule is CCC(F)CCCF. The second-order valence-electron chi connectivity index (χ2n) is 1.84. The molecule has 0 N–H and O–H groups in total. The van der Waals surface area contributed by atoms with Gasteiger partial charge in [0.25, 0.3) is 0 Å². The van der Waals surface area contributed by atoms with Crippen LogP contribution in [0.2, 0.25) is 0 Å². The number of alkyl halides is 2. The van der Waals surface area contributed by atoms with Crippen LogP contribution in [0.4, 0.5) is 8.78 Å². The summed E-state index contributed by atoms with van der Waals surface area (Å²) >= 11 is 0. The van der Waals surface area contributed by atoms with Gasteiger partial charge >= 0.3 is 0 Å². The topological polar surface area (TPSA) is 0 Å². The van der Waals surface area contributed by atoms with Crippen LogP contribution in [0.3, 0.4) is 0 Å². The van der Waals surface area contributed by atoms with E-state index in [9.17, 15) is 8.78 Å². The lowest BCUT2D eigenvalue weighted by molar-refractivity contribution is 0.287. The third kappa shape index (κ3) is 4.03. The van der Waals surface area contributed by atoms with Crippen molar-refractivity contribution in [3.8, 4) is 0 Å². The molecule has 1 unspecified atom stereocenters. The minimum absolute atomic E-state index is 0.370. The molecule has 0 spiro atoms. The van der Waals surface area contributed by atoms with Crippen molar-refractivity contribution in [2.75, 3.05) is 6.67 Å². The maximum atomic E-state index is 12.2. The summed E-state index contributed by atoms with van der Waals surface area (Å²) in [7, 11) is 0. The Bertz CT molecular complexity index is 45.8. The maximum Gasteiger partial charge on any atom is 0.0999 e. The first-order valence-corrected chi connectivity index (χ1v) is 3.01. The van der Waals surface area contributed by atoms with Crippen molar-refractivity contribution in [1.29, 1.82) is 0 Å². The van der Waals surface area contributed by atoms with E-state index in [1.165, 1.54) is 0 Å². The molecule has 0 radical (unpaired) electrons. The minimum atomic E-state index is -0.786. The third-order valence-corrected chi connectivity index (χ3v) is 1.09. The summed E-state index contributed by atoms with van der Waals surface area (Å²) in [5, 5.41) is 0. The molecule has 2 heteroatoms. The lowest BCUT2D eigenvalue weighted by atomic mass is 10.2. The highest BCUT2D eigenvalue weighted by Crippen LogP contribution is 2.04. The second-order valence-corrected chi connectivity index (χ2v) is 1.84. The van der Waals surface area contributed by atoms with Crippen LogP contribution in [0.25, 0.3) is 0 Å². The molecule has 1 atom stereocenters. The fraction of sp³-hybridized carbons (Fsp3) is 1.00. The smallest absolute Gasteiger partial charge is 0.0999 e. The molecule has 0 aliphatic rings. The van der Waals surface area contributed by atoms with E-state index in [0.717, 1.165) is 0 Å². The number of hydrogen-bond donors (Lipinski definition) is 0. The lowest BCUT2D eigenvalue weighted by Gasteiger charge is -1.99. The molecule has 50 valence electrons. The summed E-state index contributed by atoms with van der Waals surface area (Å²) < 4.78 is 23.5. The average molecular weight is 122 g/mol. The zero-order valence-electron chi connectivity index (χ0n) is 5.16. The van der Waals surface area contributed by atoms with Gasteiger partial charge in [-0.1, -0.05) is 6.92 Å². The van der Waals surface area contributed by atoms with Gasteiger partial charge < -0.3 is 0 Å². The summed E-state index contributed by atoms with van der Waals surface area (Å²) in [4.78, 5) is 0. The lowest BCUT2D eigenvalue weighted by Crippen LogP contribution is -1.96. The molecule has 0 amide bonds. The molecule has 0 aromatic heterocycles. The van der Waals surface area contributed by atoms with Crippen LogP contribution in [0.15, 0.2) is 0 Å². The fourth-order valence-electron chi connectivity index (χ4n) is 0.503. The van der Waals surface area contributed by atoms with Gasteiger partial charge in [0.05, 0.1) is 12.8 Å². The summed E-state index contributed by atoms with van der Waals surface area (Å²) in [6, 6.07) is 0. The van der Waals surface area contributed by atoms with Crippen molar-refractivity contribution in [1.82, 2.24) is 0 Å². The number of halogens is 2. The van der Waals surface area contributed by atoms with Crippen LogP contribution in [0.1, 0.15) is 26.2 Å².